The second-order valence-electron chi connectivity index (χ2n) is 7.60. The van der Waals surface area contributed by atoms with Crippen LogP contribution in [0.3, 0.4) is 0 Å². The van der Waals surface area contributed by atoms with Crippen LogP contribution in [0.4, 0.5) is 0 Å². The number of fused-ring (bicyclic) bond motifs is 1. The van der Waals surface area contributed by atoms with Gasteiger partial charge in [-0.1, -0.05) is 20.8 Å². The summed E-state index contributed by atoms with van der Waals surface area (Å²) in [5, 5.41) is 11.0. The van der Waals surface area contributed by atoms with Gasteiger partial charge in [-0.05, 0) is 59.8 Å². The number of ether oxygens (including phenoxy) is 2. The molecule has 0 saturated carbocycles. The molecule has 1 unspecified atom stereocenters. The molecule has 0 saturated heterocycles. The van der Waals surface area contributed by atoms with Crippen molar-refractivity contribution in [2.75, 3.05) is 13.7 Å². The number of benzene rings is 2. The Hall–Kier alpha value is -2.28. The third kappa shape index (κ3) is 5.16. The van der Waals surface area contributed by atoms with Crippen molar-refractivity contribution in [3.63, 3.8) is 0 Å². The number of nitrogens with one attached hydrogen (secondary N) is 1. The van der Waals surface area contributed by atoms with Crippen LogP contribution in [0.15, 0.2) is 59.6 Å². The normalized spacial score (nSPS) is 12.8. The van der Waals surface area contributed by atoms with Crippen molar-refractivity contribution in [3.05, 3.63) is 54.7 Å². The summed E-state index contributed by atoms with van der Waals surface area (Å²) in [6.07, 6.45) is 1.33. The first-order valence-corrected chi connectivity index (χ1v) is 9.97. The van der Waals surface area contributed by atoms with E-state index in [1.165, 1.54) is 11.9 Å². The monoisotopic (exact) mass is 398 g/mol. The molecule has 0 aliphatic heterocycles. The Bertz CT molecular complexity index is 923. The zero-order chi connectivity index (χ0) is 20.1. The lowest BCUT2D eigenvalue weighted by Crippen LogP contribution is -2.34. The molecule has 1 heterocycles. The lowest BCUT2D eigenvalue weighted by Gasteiger charge is -2.25. The summed E-state index contributed by atoms with van der Waals surface area (Å²) < 4.78 is 14.5. The summed E-state index contributed by atoms with van der Waals surface area (Å²) in [5.41, 5.74) is 0.688. The van der Waals surface area contributed by atoms with Gasteiger partial charge in [0.2, 0.25) is 0 Å². The van der Waals surface area contributed by atoms with Crippen molar-refractivity contribution >= 4 is 22.9 Å². The number of nitrogens with zero attached hydrogens (tertiary/aromatic N) is 1. The number of hydrogen-bond acceptors (Lipinski definition) is 6. The van der Waals surface area contributed by atoms with E-state index in [-0.39, 0.29) is 5.41 Å². The number of aliphatic hydroxyl groups excluding tert-OH is 1. The van der Waals surface area contributed by atoms with Gasteiger partial charge in [-0.25, -0.2) is 0 Å². The number of aromatic nitrogens is 1. The van der Waals surface area contributed by atoms with Crippen LogP contribution in [0.25, 0.3) is 10.9 Å². The number of hydrogen-bond donors (Lipinski definition) is 2. The van der Waals surface area contributed by atoms with Gasteiger partial charge in [0.15, 0.2) is 0 Å². The van der Waals surface area contributed by atoms with Gasteiger partial charge in [-0.3, -0.25) is 9.71 Å². The average Bonchev–Trinajstić information content (AvgIpc) is 2.68. The maximum absolute atomic E-state index is 10.1. The van der Waals surface area contributed by atoms with Gasteiger partial charge in [-0.15, -0.1) is 0 Å². The molecule has 28 heavy (non-hydrogen) atoms. The highest BCUT2D eigenvalue weighted by Crippen LogP contribution is 2.31. The second kappa shape index (κ2) is 8.82. The molecule has 0 aliphatic rings. The Morgan fingerprint density at radius 1 is 1.07 bits per heavy atom. The molecule has 1 aromatic heterocycles. The largest absolute Gasteiger partial charge is 0.497 e. The summed E-state index contributed by atoms with van der Waals surface area (Å²) >= 11 is 1.50. The van der Waals surface area contributed by atoms with E-state index < -0.39 is 6.10 Å². The molecule has 6 heteroatoms. The minimum atomic E-state index is -0.402. The van der Waals surface area contributed by atoms with E-state index in [1.54, 1.807) is 13.3 Å². The SMILES string of the molecule is COc1ccc2c(Oc3ccc(SNCC(O)C(C)(C)C)cc3)ccnc2c1. The molecule has 3 aromatic rings. The van der Waals surface area contributed by atoms with E-state index in [4.69, 9.17) is 9.47 Å². The van der Waals surface area contributed by atoms with Gasteiger partial charge in [-0.2, -0.15) is 0 Å². The molecule has 0 fully saturated rings. The quantitative estimate of drug-likeness (QED) is 0.544. The maximum atomic E-state index is 10.1. The van der Waals surface area contributed by atoms with E-state index in [0.717, 1.165) is 33.0 Å². The zero-order valence-corrected chi connectivity index (χ0v) is 17.4. The Morgan fingerprint density at radius 2 is 1.79 bits per heavy atom. The van der Waals surface area contributed by atoms with Crippen molar-refractivity contribution in [1.82, 2.24) is 9.71 Å². The predicted octanol–water partition coefficient (Wildman–Crippen LogP) is 5.04. The molecular formula is C22H26N2O3S. The Balaban J connectivity index is 1.64. The van der Waals surface area contributed by atoms with Crippen LogP contribution in [-0.2, 0) is 0 Å². The molecule has 0 radical (unpaired) electrons. The van der Waals surface area contributed by atoms with Crippen LogP contribution >= 0.6 is 11.9 Å². The first-order chi connectivity index (χ1) is 13.4. The molecule has 2 N–H and O–H groups in total. The van der Waals surface area contributed by atoms with Crippen molar-refractivity contribution in [2.45, 2.75) is 31.8 Å². The highest BCUT2D eigenvalue weighted by atomic mass is 32.2. The molecule has 3 rings (SSSR count). The van der Waals surface area contributed by atoms with Crippen molar-refractivity contribution in [1.29, 1.82) is 0 Å². The Kier molecular flexibility index (Phi) is 6.44. The maximum Gasteiger partial charge on any atom is 0.138 e. The van der Waals surface area contributed by atoms with E-state index >= 15 is 0 Å². The van der Waals surface area contributed by atoms with Gasteiger partial charge >= 0.3 is 0 Å². The van der Waals surface area contributed by atoms with Crippen LogP contribution < -0.4 is 14.2 Å². The molecule has 0 amide bonds. The zero-order valence-electron chi connectivity index (χ0n) is 16.6. The van der Waals surface area contributed by atoms with E-state index in [9.17, 15) is 5.11 Å². The van der Waals surface area contributed by atoms with Crippen molar-refractivity contribution < 1.29 is 14.6 Å². The molecule has 0 spiro atoms. The fourth-order valence-electron chi connectivity index (χ4n) is 2.53. The van der Waals surface area contributed by atoms with E-state index in [0.29, 0.717) is 6.54 Å². The van der Waals surface area contributed by atoms with Crippen molar-refractivity contribution in [3.8, 4) is 17.2 Å². The van der Waals surface area contributed by atoms with Crippen LogP contribution in [0, 0.1) is 5.41 Å². The number of pyridine rings is 1. The van der Waals surface area contributed by atoms with Crippen LogP contribution in [0.1, 0.15) is 20.8 Å². The summed E-state index contributed by atoms with van der Waals surface area (Å²) in [6, 6.07) is 15.4. The molecule has 2 aromatic carbocycles. The van der Waals surface area contributed by atoms with Gasteiger partial charge in [0.05, 0.1) is 18.7 Å². The van der Waals surface area contributed by atoms with Crippen LogP contribution in [0.2, 0.25) is 0 Å². The summed E-state index contributed by atoms with van der Waals surface area (Å²) in [6.45, 7) is 6.60. The molecule has 0 aliphatic carbocycles. The molecule has 1 atom stereocenters. The first-order valence-electron chi connectivity index (χ1n) is 9.15. The fourth-order valence-corrected chi connectivity index (χ4v) is 3.21. The third-order valence-electron chi connectivity index (χ3n) is 4.43. The van der Waals surface area contributed by atoms with Gasteiger partial charge in [0, 0.05) is 29.1 Å². The van der Waals surface area contributed by atoms with Crippen LogP contribution in [0.5, 0.6) is 17.2 Å². The predicted molar refractivity (Wildman–Crippen MR) is 114 cm³/mol. The van der Waals surface area contributed by atoms with Gasteiger partial charge in [0.25, 0.3) is 0 Å². The lowest BCUT2D eigenvalue weighted by atomic mass is 9.89. The number of aliphatic hydroxyl groups is 1. The number of rotatable bonds is 7. The Morgan fingerprint density at radius 3 is 2.46 bits per heavy atom. The van der Waals surface area contributed by atoms with Crippen LogP contribution in [-0.4, -0.2) is 29.8 Å². The van der Waals surface area contributed by atoms with E-state index in [1.807, 2.05) is 69.3 Å². The minimum Gasteiger partial charge on any atom is -0.497 e. The summed E-state index contributed by atoms with van der Waals surface area (Å²) in [7, 11) is 1.64. The average molecular weight is 399 g/mol. The first kappa shape index (κ1) is 20.5. The molecule has 148 valence electrons. The minimum absolute atomic E-state index is 0.136. The standard InChI is InChI=1S/C22H26N2O3S/c1-22(2,3)21(25)14-24-28-17-8-5-15(6-9-17)27-20-11-12-23-19-13-16(26-4)7-10-18(19)20/h5-13,21,24-25H,14H2,1-4H3. The summed E-state index contributed by atoms with van der Waals surface area (Å²) in [4.78, 5) is 5.43. The smallest absolute Gasteiger partial charge is 0.138 e. The van der Waals surface area contributed by atoms with Gasteiger partial charge < -0.3 is 14.6 Å². The highest BCUT2D eigenvalue weighted by Gasteiger charge is 2.21. The second-order valence-corrected chi connectivity index (χ2v) is 8.56. The molecule has 0 bridgehead atoms. The fraction of sp³-hybridized carbons (Fsp3) is 0.318. The highest BCUT2D eigenvalue weighted by molar-refractivity contribution is 7.97. The van der Waals surface area contributed by atoms with E-state index in [2.05, 4.69) is 9.71 Å². The Labute approximate surface area is 170 Å². The molecule has 5 nitrogen and oxygen atoms in total. The van der Waals surface area contributed by atoms with Gasteiger partial charge in [0.1, 0.15) is 17.2 Å². The summed E-state index contributed by atoms with van der Waals surface area (Å²) in [5.74, 6) is 2.27. The molecular weight excluding hydrogens is 372 g/mol. The third-order valence-corrected chi connectivity index (χ3v) is 5.25. The number of methoxy groups -OCH3 is 1. The lowest BCUT2D eigenvalue weighted by molar-refractivity contribution is 0.0683. The van der Waals surface area contributed by atoms with Crippen molar-refractivity contribution in [2.24, 2.45) is 5.41 Å². The topological polar surface area (TPSA) is 63.6 Å².